The quantitative estimate of drug-likeness (QED) is 0.466. The van der Waals surface area contributed by atoms with Crippen molar-refractivity contribution >= 4 is 23.1 Å². The van der Waals surface area contributed by atoms with Crippen LogP contribution >= 0.6 is 0 Å². The van der Waals surface area contributed by atoms with Crippen molar-refractivity contribution in [3.05, 3.63) is 64.0 Å². The first-order chi connectivity index (χ1) is 17.8. The minimum absolute atomic E-state index is 0.176. The van der Waals surface area contributed by atoms with E-state index in [2.05, 4.69) is 55.7 Å². The highest BCUT2D eigenvalue weighted by molar-refractivity contribution is 5.82. The molecule has 1 amide bonds. The Bertz CT molecular complexity index is 1320. The molecule has 37 heavy (non-hydrogen) atoms. The molecule has 0 radical (unpaired) electrons. The summed E-state index contributed by atoms with van der Waals surface area (Å²) in [5, 5.41) is 9.53. The molecule has 1 fully saturated rings. The number of carboxylic acid groups (broad SMARTS) is 1. The van der Waals surface area contributed by atoms with Gasteiger partial charge < -0.3 is 19.3 Å². The Morgan fingerprint density at radius 1 is 1.11 bits per heavy atom. The van der Waals surface area contributed by atoms with Crippen molar-refractivity contribution in [2.24, 2.45) is 5.92 Å². The molecule has 1 atom stereocenters. The number of carboxylic acids is 1. The zero-order valence-corrected chi connectivity index (χ0v) is 22.3. The van der Waals surface area contributed by atoms with Crippen LogP contribution in [0.25, 0.3) is 11.0 Å². The van der Waals surface area contributed by atoms with Gasteiger partial charge in [-0.3, -0.25) is 4.79 Å². The van der Waals surface area contributed by atoms with Crippen LogP contribution in [0.15, 0.2) is 30.3 Å². The number of imidazole rings is 1. The zero-order chi connectivity index (χ0) is 26.3. The molecule has 1 aliphatic carbocycles. The van der Waals surface area contributed by atoms with Crippen molar-refractivity contribution in [1.29, 1.82) is 0 Å². The minimum atomic E-state index is -0.688. The number of rotatable bonds is 5. The van der Waals surface area contributed by atoms with Gasteiger partial charge in [-0.05, 0) is 87.6 Å². The predicted octanol–water partition coefficient (Wildman–Crippen LogP) is 5.94. The Hall–Kier alpha value is -3.35. The smallest absolute Gasteiger partial charge is 0.409 e. The van der Waals surface area contributed by atoms with E-state index >= 15 is 0 Å². The Morgan fingerprint density at radius 2 is 1.81 bits per heavy atom. The second kappa shape index (κ2) is 10.2. The number of ether oxygens (including phenoxy) is 1. The van der Waals surface area contributed by atoms with Crippen molar-refractivity contribution in [3.8, 4) is 0 Å². The summed E-state index contributed by atoms with van der Waals surface area (Å²) in [7, 11) is 1.42. The largest absolute Gasteiger partial charge is 0.481 e. The number of aryl methyl sites for hydroxylation is 2. The van der Waals surface area contributed by atoms with Gasteiger partial charge in [-0.1, -0.05) is 24.3 Å². The maximum absolute atomic E-state index is 12.3. The summed E-state index contributed by atoms with van der Waals surface area (Å²) in [5.41, 5.74) is 8.37. The molecule has 0 spiro atoms. The lowest BCUT2D eigenvalue weighted by atomic mass is 9.81. The second-order valence-electron chi connectivity index (χ2n) is 10.9. The predicted molar refractivity (Wildman–Crippen MR) is 143 cm³/mol. The number of fused-ring (bicyclic) bond motifs is 3. The number of amides is 1. The van der Waals surface area contributed by atoms with E-state index in [4.69, 9.17) is 9.72 Å². The summed E-state index contributed by atoms with van der Waals surface area (Å²) >= 11 is 0. The number of hydrogen-bond acceptors (Lipinski definition) is 4. The first-order valence-corrected chi connectivity index (χ1v) is 13.4. The van der Waals surface area contributed by atoms with Crippen LogP contribution in [0.5, 0.6) is 0 Å². The number of aromatic nitrogens is 2. The van der Waals surface area contributed by atoms with Gasteiger partial charge in [0.15, 0.2) is 0 Å². The average Bonchev–Trinajstić information content (AvgIpc) is 3.30. The first-order valence-electron chi connectivity index (χ1n) is 13.4. The fourth-order valence-electron chi connectivity index (χ4n) is 6.41. The normalized spacial score (nSPS) is 20.5. The number of methoxy groups -OCH3 is 1. The lowest BCUT2D eigenvalue weighted by Crippen LogP contribution is -2.35. The molecule has 1 N–H and O–H groups in total. The van der Waals surface area contributed by atoms with Crippen molar-refractivity contribution < 1.29 is 19.4 Å². The highest BCUT2D eigenvalue weighted by Crippen LogP contribution is 2.40. The van der Waals surface area contributed by atoms with Crippen LogP contribution in [0.4, 0.5) is 4.79 Å². The standard InChI is InChI=1S/C30H37N3O4/c1-18-6-5-7-19(2)24(18)16-20(3)33-26-13-12-21-14-15-32(30(36)37-4)17-25(21)27(26)31-28(33)22-8-10-23(11-9-22)29(34)35/h5-7,12-13,20,22-23H,8-11,14-17H2,1-4H3,(H,34,35)/t20-,22?,23?/m1/s1. The molecule has 2 aromatic carbocycles. The Morgan fingerprint density at radius 3 is 2.46 bits per heavy atom. The van der Waals surface area contributed by atoms with E-state index in [-0.39, 0.29) is 24.0 Å². The SMILES string of the molecule is COC(=O)N1CCc2ccc3c(nc(C4CCC(C(=O)O)CC4)n3[C@H](C)Cc3c(C)cccc3C)c2C1. The van der Waals surface area contributed by atoms with Gasteiger partial charge in [-0.15, -0.1) is 0 Å². The van der Waals surface area contributed by atoms with Gasteiger partial charge in [0, 0.05) is 24.1 Å². The second-order valence-corrected chi connectivity index (χ2v) is 10.9. The maximum Gasteiger partial charge on any atom is 0.409 e. The van der Waals surface area contributed by atoms with E-state index in [0.29, 0.717) is 25.9 Å². The molecule has 7 nitrogen and oxygen atoms in total. The van der Waals surface area contributed by atoms with Crippen LogP contribution in [0.1, 0.15) is 78.2 Å². The minimum Gasteiger partial charge on any atom is -0.481 e. The van der Waals surface area contributed by atoms with Gasteiger partial charge in [0.2, 0.25) is 0 Å². The Balaban J connectivity index is 1.59. The van der Waals surface area contributed by atoms with Crippen molar-refractivity contribution in [1.82, 2.24) is 14.5 Å². The molecule has 2 aliphatic rings. The summed E-state index contributed by atoms with van der Waals surface area (Å²) in [4.78, 5) is 30.9. The van der Waals surface area contributed by atoms with E-state index in [9.17, 15) is 14.7 Å². The molecule has 0 unspecified atom stereocenters. The third kappa shape index (κ3) is 4.72. The summed E-state index contributed by atoms with van der Waals surface area (Å²) in [6.07, 6.45) is 4.39. The van der Waals surface area contributed by atoms with Gasteiger partial charge in [0.05, 0.1) is 30.6 Å². The van der Waals surface area contributed by atoms with Crippen molar-refractivity contribution in [2.75, 3.05) is 13.7 Å². The molecular formula is C30H37N3O4. The molecule has 0 bridgehead atoms. The Kier molecular flexibility index (Phi) is 6.97. The van der Waals surface area contributed by atoms with Crippen LogP contribution < -0.4 is 0 Å². The van der Waals surface area contributed by atoms with Crippen molar-refractivity contribution in [2.45, 2.75) is 77.8 Å². The molecule has 0 saturated heterocycles. The highest BCUT2D eigenvalue weighted by atomic mass is 16.5. The number of carbonyl (C=O) groups excluding carboxylic acids is 1. The number of aliphatic carboxylic acids is 1. The van der Waals surface area contributed by atoms with E-state index in [1.165, 1.54) is 29.4 Å². The van der Waals surface area contributed by atoms with E-state index in [1.807, 2.05) is 0 Å². The fourth-order valence-corrected chi connectivity index (χ4v) is 6.41. The number of nitrogens with zero attached hydrogens (tertiary/aromatic N) is 3. The molecule has 1 aliphatic heterocycles. The van der Waals surface area contributed by atoms with Crippen LogP contribution in [0.2, 0.25) is 0 Å². The zero-order valence-electron chi connectivity index (χ0n) is 22.3. The van der Waals surface area contributed by atoms with E-state index < -0.39 is 5.97 Å². The monoisotopic (exact) mass is 503 g/mol. The molecule has 7 heteroatoms. The number of benzene rings is 2. The molecule has 1 saturated carbocycles. The van der Waals surface area contributed by atoms with Gasteiger partial charge in [-0.2, -0.15) is 0 Å². The summed E-state index contributed by atoms with van der Waals surface area (Å²) in [5.74, 6) is 0.329. The summed E-state index contributed by atoms with van der Waals surface area (Å²) in [6, 6.07) is 11.0. The van der Waals surface area contributed by atoms with Crippen LogP contribution in [-0.4, -0.2) is 45.3 Å². The van der Waals surface area contributed by atoms with Gasteiger partial charge >= 0.3 is 12.1 Å². The molecule has 3 aromatic rings. The van der Waals surface area contributed by atoms with Gasteiger partial charge in [0.1, 0.15) is 5.82 Å². The van der Waals surface area contributed by atoms with Gasteiger partial charge in [-0.25, -0.2) is 9.78 Å². The summed E-state index contributed by atoms with van der Waals surface area (Å²) in [6.45, 7) is 7.74. The summed E-state index contributed by atoms with van der Waals surface area (Å²) < 4.78 is 7.42. The van der Waals surface area contributed by atoms with Crippen LogP contribution in [0.3, 0.4) is 0 Å². The molecule has 5 rings (SSSR count). The van der Waals surface area contributed by atoms with E-state index in [1.54, 1.807) is 4.90 Å². The Labute approximate surface area is 218 Å². The van der Waals surface area contributed by atoms with Crippen LogP contribution in [-0.2, 0) is 28.9 Å². The molecule has 196 valence electrons. The topological polar surface area (TPSA) is 84.7 Å². The highest BCUT2D eigenvalue weighted by Gasteiger charge is 2.32. The average molecular weight is 504 g/mol. The third-order valence-electron chi connectivity index (χ3n) is 8.55. The van der Waals surface area contributed by atoms with Gasteiger partial charge in [0.25, 0.3) is 0 Å². The molecular weight excluding hydrogens is 466 g/mol. The van der Waals surface area contributed by atoms with Crippen molar-refractivity contribution in [3.63, 3.8) is 0 Å². The third-order valence-corrected chi connectivity index (χ3v) is 8.55. The lowest BCUT2D eigenvalue weighted by molar-refractivity contribution is -0.142. The molecule has 2 heterocycles. The number of hydrogen-bond donors (Lipinski definition) is 1. The lowest BCUT2D eigenvalue weighted by Gasteiger charge is -2.28. The fraction of sp³-hybridized carbons (Fsp3) is 0.500. The van der Waals surface area contributed by atoms with E-state index in [0.717, 1.165) is 48.1 Å². The van der Waals surface area contributed by atoms with Crippen LogP contribution in [0, 0.1) is 19.8 Å². The first kappa shape index (κ1) is 25.3. The maximum atomic E-state index is 12.3. The number of carbonyl (C=O) groups is 2. The molecule has 1 aromatic heterocycles.